The van der Waals surface area contributed by atoms with Crippen molar-refractivity contribution in [3.05, 3.63) is 35.9 Å². The van der Waals surface area contributed by atoms with Crippen LogP contribution in [0.1, 0.15) is 32.8 Å². The van der Waals surface area contributed by atoms with Crippen molar-refractivity contribution in [1.82, 2.24) is 10.6 Å². The Labute approximate surface area is 120 Å². The van der Waals surface area contributed by atoms with Crippen LogP contribution in [0.15, 0.2) is 30.3 Å². The predicted molar refractivity (Wildman–Crippen MR) is 79.3 cm³/mol. The molecule has 3 unspecified atom stereocenters. The third kappa shape index (κ3) is 3.58. The van der Waals surface area contributed by atoms with Crippen molar-refractivity contribution in [2.45, 2.75) is 51.4 Å². The van der Waals surface area contributed by atoms with Gasteiger partial charge in [0.05, 0.1) is 12.1 Å². The molecule has 2 N–H and O–H groups in total. The highest BCUT2D eigenvalue weighted by Gasteiger charge is 2.38. The molecule has 0 bridgehead atoms. The van der Waals surface area contributed by atoms with Gasteiger partial charge in [-0.2, -0.15) is 0 Å². The fourth-order valence-electron chi connectivity index (χ4n) is 2.52. The second kappa shape index (κ2) is 6.37. The summed E-state index contributed by atoms with van der Waals surface area (Å²) in [7, 11) is 0. The molecule has 110 valence electrons. The topological polar surface area (TPSA) is 50.4 Å². The number of carbonyl (C=O) groups is 1. The van der Waals surface area contributed by atoms with E-state index in [9.17, 15) is 4.79 Å². The molecule has 0 saturated carbocycles. The highest BCUT2D eigenvalue weighted by molar-refractivity contribution is 5.81. The lowest BCUT2D eigenvalue weighted by molar-refractivity contribution is -0.123. The monoisotopic (exact) mass is 276 g/mol. The van der Waals surface area contributed by atoms with Crippen molar-refractivity contribution in [2.75, 3.05) is 6.61 Å². The molecule has 1 aliphatic rings. The molecule has 1 aliphatic heterocycles. The van der Waals surface area contributed by atoms with Crippen LogP contribution in [0, 0.1) is 0 Å². The van der Waals surface area contributed by atoms with Crippen molar-refractivity contribution in [3.63, 3.8) is 0 Å². The quantitative estimate of drug-likeness (QED) is 0.863. The summed E-state index contributed by atoms with van der Waals surface area (Å²) >= 11 is 0. The first-order valence-electron chi connectivity index (χ1n) is 7.22. The maximum absolute atomic E-state index is 12.1. The minimum Gasteiger partial charge on any atom is -0.377 e. The molecular weight excluding hydrogens is 252 g/mol. The summed E-state index contributed by atoms with van der Waals surface area (Å²) in [6.07, 6.45) is 1.07. The lowest BCUT2D eigenvalue weighted by Gasteiger charge is -2.32. The predicted octanol–water partition coefficient (Wildman–Crippen LogP) is 1.85. The summed E-state index contributed by atoms with van der Waals surface area (Å²) in [4.78, 5) is 12.1. The molecule has 2 rings (SSSR count). The van der Waals surface area contributed by atoms with Gasteiger partial charge in [-0.1, -0.05) is 30.3 Å². The van der Waals surface area contributed by atoms with Crippen molar-refractivity contribution in [3.8, 4) is 0 Å². The minimum absolute atomic E-state index is 0.0224. The normalized spacial score (nSPS) is 27.2. The van der Waals surface area contributed by atoms with Gasteiger partial charge in [-0.25, -0.2) is 0 Å². The molecular formula is C16H24N2O2. The molecule has 1 saturated heterocycles. The van der Waals surface area contributed by atoms with Gasteiger partial charge in [-0.15, -0.1) is 0 Å². The van der Waals surface area contributed by atoms with Crippen LogP contribution in [-0.4, -0.2) is 30.2 Å². The summed E-state index contributed by atoms with van der Waals surface area (Å²) < 4.78 is 5.58. The molecule has 4 heteroatoms. The molecule has 1 amide bonds. The van der Waals surface area contributed by atoms with Crippen LogP contribution < -0.4 is 10.6 Å². The van der Waals surface area contributed by atoms with Crippen molar-refractivity contribution >= 4 is 5.91 Å². The first-order chi connectivity index (χ1) is 9.51. The van der Waals surface area contributed by atoms with Gasteiger partial charge in [0.15, 0.2) is 0 Å². The van der Waals surface area contributed by atoms with E-state index in [0.717, 1.165) is 18.6 Å². The molecule has 20 heavy (non-hydrogen) atoms. The van der Waals surface area contributed by atoms with E-state index in [-0.39, 0.29) is 23.6 Å². The maximum Gasteiger partial charge on any atom is 0.237 e. The van der Waals surface area contributed by atoms with Gasteiger partial charge in [0.1, 0.15) is 0 Å². The number of benzene rings is 1. The minimum atomic E-state index is -0.229. The maximum atomic E-state index is 12.1. The van der Waals surface area contributed by atoms with Crippen LogP contribution in [0.25, 0.3) is 0 Å². The number of ether oxygens (including phenoxy) is 1. The van der Waals surface area contributed by atoms with Gasteiger partial charge in [0, 0.05) is 18.7 Å². The Morgan fingerprint density at radius 3 is 2.75 bits per heavy atom. The number of hydrogen-bond acceptors (Lipinski definition) is 3. The largest absolute Gasteiger partial charge is 0.377 e. The SMILES string of the molecule is CC(NC1(C)CCOC1C)C(=O)NCc1ccccc1. The summed E-state index contributed by atoms with van der Waals surface area (Å²) in [6, 6.07) is 9.70. The number of carbonyl (C=O) groups excluding carboxylic acids is 1. The average molecular weight is 276 g/mol. The van der Waals surface area contributed by atoms with Crippen LogP contribution in [0.3, 0.4) is 0 Å². The van der Waals surface area contributed by atoms with E-state index in [2.05, 4.69) is 24.5 Å². The van der Waals surface area contributed by atoms with Gasteiger partial charge in [-0.3, -0.25) is 10.1 Å². The highest BCUT2D eigenvalue weighted by atomic mass is 16.5. The molecule has 1 aromatic carbocycles. The number of hydrogen-bond donors (Lipinski definition) is 2. The Bertz CT molecular complexity index is 449. The molecule has 3 atom stereocenters. The zero-order chi connectivity index (χ0) is 14.6. The highest BCUT2D eigenvalue weighted by Crippen LogP contribution is 2.25. The van der Waals surface area contributed by atoms with Crippen LogP contribution >= 0.6 is 0 Å². The van der Waals surface area contributed by atoms with E-state index in [1.54, 1.807) is 0 Å². The Balaban J connectivity index is 1.83. The van der Waals surface area contributed by atoms with Gasteiger partial charge in [-0.05, 0) is 32.8 Å². The molecule has 1 aromatic rings. The molecule has 4 nitrogen and oxygen atoms in total. The van der Waals surface area contributed by atoms with Gasteiger partial charge in [0.25, 0.3) is 0 Å². The zero-order valence-electron chi connectivity index (χ0n) is 12.5. The smallest absolute Gasteiger partial charge is 0.237 e. The molecule has 1 fully saturated rings. The van der Waals surface area contributed by atoms with E-state index in [1.807, 2.05) is 37.3 Å². The second-order valence-corrected chi connectivity index (χ2v) is 5.75. The van der Waals surface area contributed by atoms with Gasteiger partial charge < -0.3 is 10.1 Å². The van der Waals surface area contributed by atoms with Crippen molar-refractivity contribution in [1.29, 1.82) is 0 Å². The van der Waals surface area contributed by atoms with Crippen molar-refractivity contribution < 1.29 is 9.53 Å². The Morgan fingerprint density at radius 2 is 2.15 bits per heavy atom. The zero-order valence-corrected chi connectivity index (χ0v) is 12.5. The number of rotatable bonds is 5. The lowest BCUT2D eigenvalue weighted by atomic mass is 9.93. The molecule has 0 radical (unpaired) electrons. The van der Waals surface area contributed by atoms with E-state index in [0.29, 0.717) is 6.54 Å². The Morgan fingerprint density at radius 1 is 1.45 bits per heavy atom. The molecule has 1 heterocycles. The third-order valence-electron chi connectivity index (χ3n) is 4.14. The Kier molecular flexibility index (Phi) is 4.78. The molecule has 0 spiro atoms. The first kappa shape index (κ1) is 15.0. The number of amides is 1. The summed E-state index contributed by atoms with van der Waals surface area (Å²) in [6.45, 7) is 7.38. The standard InChI is InChI=1S/C16H24N2O2/c1-12(18-16(3)9-10-20-13(16)2)15(19)17-11-14-7-5-4-6-8-14/h4-8,12-13,18H,9-11H2,1-3H3,(H,17,19). The van der Waals surface area contributed by atoms with Crippen LogP contribution in [0.5, 0.6) is 0 Å². The fourth-order valence-corrected chi connectivity index (χ4v) is 2.52. The summed E-state index contributed by atoms with van der Waals surface area (Å²) in [5, 5.41) is 6.37. The fraction of sp³-hybridized carbons (Fsp3) is 0.562. The average Bonchev–Trinajstić information content (AvgIpc) is 2.76. The second-order valence-electron chi connectivity index (χ2n) is 5.75. The van der Waals surface area contributed by atoms with E-state index < -0.39 is 0 Å². The van der Waals surface area contributed by atoms with E-state index in [4.69, 9.17) is 4.74 Å². The summed E-state index contributed by atoms with van der Waals surface area (Å²) in [5.74, 6) is 0.0224. The number of nitrogens with one attached hydrogen (secondary N) is 2. The first-order valence-corrected chi connectivity index (χ1v) is 7.22. The van der Waals surface area contributed by atoms with Gasteiger partial charge in [0.2, 0.25) is 5.91 Å². The lowest BCUT2D eigenvalue weighted by Crippen LogP contribution is -2.55. The summed E-state index contributed by atoms with van der Waals surface area (Å²) in [5.41, 5.74) is 0.987. The van der Waals surface area contributed by atoms with Crippen LogP contribution in [0.2, 0.25) is 0 Å². The van der Waals surface area contributed by atoms with Crippen molar-refractivity contribution in [2.24, 2.45) is 0 Å². The van der Waals surface area contributed by atoms with Crippen LogP contribution in [0.4, 0.5) is 0 Å². The Hall–Kier alpha value is -1.39. The third-order valence-corrected chi connectivity index (χ3v) is 4.14. The van der Waals surface area contributed by atoms with Crippen LogP contribution in [-0.2, 0) is 16.1 Å². The molecule has 0 aliphatic carbocycles. The van der Waals surface area contributed by atoms with Gasteiger partial charge >= 0.3 is 0 Å². The molecule has 0 aromatic heterocycles. The van der Waals surface area contributed by atoms with E-state index >= 15 is 0 Å². The van der Waals surface area contributed by atoms with E-state index in [1.165, 1.54) is 0 Å².